The average Bonchev–Trinajstić information content (AvgIpc) is 2.46. The van der Waals surface area contributed by atoms with Crippen molar-refractivity contribution in [2.45, 2.75) is 26.2 Å². The Morgan fingerprint density at radius 2 is 1.78 bits per heavy atom. The quantitative estimate of drug-likeness (QED) is 0.867. The number of hydrogen-bond acceptors (Lipinski definition) is 3. The third kappa shape index (κ3) is 3.16. The maximum absolute atomic E-state index is 5.64. The Morgan fingerprint density at radius 1 is 1.11 bits per heavy atom. The third-order valence-electron chi connectivity index (χ3n) is 3.72. The maximum atomic E-state index is 5.64. The molecule has 100 valence electrons. The number of benzene rings is 1. The lowest BCUT2D eigenvalue weighted by Gasteiger charge is -2.29. The molecular formula is C15H25N3. The van der Waals surface area contributed by atoms with Crippen LogP contribution in [0.4, 0.5) is 11.4 Å². The maximum Gasteiger partial charge on any atom is 0.0368 e. The highest BCUT2D eigenvalue weighted by Gasteiger charge is 2.11. The van der Waals surface area contributed by atoms with Crippen molar-refractivity contribution in [3.05, 3.63) is 24.3 Å². The van der Waals surface area contributed by atoms with E-state index in [1.54, 1.807) is 0 Å². The van der Waals surface area contributed by atoms with E-state index in [0.717, 1.165) is 13.1 Å². The summed E-state index contributed by atoms with van der Waals surface area (Å²) in [5.74, 6) is 0. The molecule has 3 nitrogen and oxygen atoms in total. The monoisotopic (exact) mass is 247 g/mol. The van der Waals surface area contributed by atoms with E-state index < -0.39 is 0 Å². The average molecular weight is 247 g/mol. The summed E-state index contributed by atoms with van der Waals surface area (Å²) in [6, 6.07) is 8.95. The molecule has 1 aliphatic heterocycles. The smallest absolute Gasteiger partial charge is 0.0368 e. The molecule has 1 fully saturated rings. The van der Waals surface area contributed by atoms with Crippen molar-refractivity contribution in [3.8, 4) is 0 Å². The first-order valence-electron chi connectivity index (χ1n) is 7.15. The summed E-state index contributed by atoms with van der Waals surface area (Å²) in [5.41, 5.74) is 8.28. The molecule has 0 aromatic heterocycles. The summed E-state index contributed by atoms with van der Waals surface area (Å²) in [7, 11) is 0. The Bertz CT molecular complexity index is 318. The van der Waals surface area contributed by atoms with E-state index >= 15 is 0 Å². The predicted molar refractivity (Wildman–Crippen MR) is 79.4 cm³/mol. The first-order valence-corrected chi connectivity index (χ1v) is 7.15. The second kappa shape index (κ2) is 6.64. The van der Waals surface area contributed by atoms with Gasteiger partial charge in [0.1, 0.15) is 0 Å². The lowest BCUT2D eigenvalue weighted by molar-refractivity contribution is 0.578. The minimum Gasteiger partial charge on any atom is -0.372 e. The Kier molecular flexibility index (Phi) is 4.88. The molecule has 0 bridgehead atoms. The van der Waals surface area contributed by atoms with Gasteiger partial charge in [0, 0.05) is 44.1 Å². The first-order chi connectivity index (χ1) is 8.85. The molecule has 1 aromatic rings. The zero-order chi connectivity index (χ0) is 12.8. The number of piperidine rings is 1. The van der Waals surface area contributed by atoms with Crippen LogP contribution in [0.25, 0.3) is 0 Å². The molecule has 1 aliphatic rings. The Morgan fingerprint density at radius 3 is 2.33 bits per heavy atom. The number of nitrogens with two attached hydrogens (primary N) is 1. The molecule has 0 radical (unpaired) electrons. The van der Waals surface area contributed by atoms with Crippen LogP contribution in [0.5, 0.6) is 0 Å². The fourth-order valence-electron chi connectivity index (χ4n) is 2.65. The topological polar surface area (TPSA) is 32.5 Å². The van der Waals surface area contributed by atoms with Crippen LogP contribution in [0.1, 0.15) is 26.2 Å². The molecule has 1 saturated heterocycles. The molecule has 0 saturated carbocycles. The SMILES string of the molecule is CCN(CCN)c1ccc(N2CCCCC2)cc1. The van der Waals surface area contributed by atoms with Gasteiger partial charge in [-0.25, -0.2) is 0 Å². The van der Waals surface area contributed by atoms with E-state index in [-0.39, 0.29) is 0 Å². The van der Waals surface area contributed by atoms with Gasteiger partial charge in [-0.2, -0.15) is 0 Å². The summed E-state index contributed by atoms with van der Waals surface area (Å²) in [4.78, 5) is 4.81. The first kappa shape index (κ1) is 13.2. The van der Waals surface area contributed by atoms with E-state index in [2.05, 4.69) is 41.0 Å². The number of rotatable bonds is 5. The van der Waals surface area contributed by atoms with E-state index in [4.69, 9.17) is 5.73 Å². The Balaban J connectivity index is 2.03. The Labute approximate surface area is 111 Å². The molecule has 0 spiro atoms. The molecule has 18 heavy (non-hydrogen) atoms. The largest absolute Gasteiger partial charge is 0.372 e. The van der Waals surface area contributed by atoms with Gasteiger partial charge in [-0.3, -0.25) is 0 Å². The molecule has 0 unspecified atom stereocenters. The van der Waals surface area contributed by atoms with Crippen molar-refractivity contribution in [1.82, 2.24) is 0 Å². The van der Waals surface area contributed by atoms with Gasteiger partial charge in [-0.05, 0) is 50.5 Å². The number of nitrogens with zero attached hydrogens (tertiary/aromatic N) is 2. The summed E-state index contributed by atoms with van der Waals surface area (Å²) in [5, 5.41) is 0. The third-order valence-corrected chi connectivity index (χ3v) is 3.72. The van der Waals surface area contributed by atoms with Gasteiger partial charge >= 0.3 is 0 Å². The van der Waals surface area contributed by atoms with Crippen molar-refractivity contribution >= 4 is 11.4 Å². The zero-order valence-electron chi connectivity index (χ0n) is 11.4. The van der Waals surface area contributed by atoms with Crippen LogP contribution >= 0.6 is 0 Å². The Hall–Kier alpha value is -1.22. The normalized spacial score (nSPS) is 15.8. The molecule has 0 atom stereocenters. The lowest BCUT2D eigenvalue weighted by atomic mass is 10.1. The van der Waals surface area contributed by atoms with Crippen molar-refractivity contribution in [3.63, 3.8) is 0 Å². The highest BCUT2D eigenvalue weighted by Crippen LogP contribution is 2.23. The lowest BCUT2D eigenvalue weighted by Crippen LogP contribution is -2.30. The van der Waals surface area contributed by atoms with E-state index in [1.807, 2.05) is 0 Å². The molecule has 1 heterocycles. The molecule has 2 N–H and O–H groups in total. The van der Waals surface area contributed by atoms with Crippen molar-refractivity contribution in [1.29, 1.82) is 0 Å². The van der Waals surface area contributed by atoms with Crippen LogP contribution in [0.15, 0.2) is 24.3 Å². The summed E-state index contributed by atoms with van der Waals surface area (Å²) < 4.78 is 0. The summed E-state index contributed by atoms with van der Waals surface area (Å²) in [6.45, 7) is 7.25. The summed E-state index contributed by atoms with van der Waals surface area (Å²) in [6.07, 6.45) is 4.04. The second-order valence-electron chi connectivity index (χ2n) is 4.93. The van der Waals surface area contributed by atoms with Gasteiger partial charge < -0.3 is 15.5 Å². The van der Waals surface area contributed by atoms with Crippen LogP contribution in [-0.2, 0) is 0 Å². The van der Waals surface area contributed by atoms with E-state index in [9.17, 15) is 0 Å². The van der Waals surface area contributed by atoms with Gasteiger partial charge in [-0.1, -0.05) is 0 Å². The van der Waals surface area contributed by atoms with Crippen LogP contribution in [0, 0.1) is 0 Å². The number of anilines is 2. The minimum absolute atomic E-state index is 0.710. The fourth-order valence-corrected chi connectivity index (χ4v) is 2.65. The van der Waals surface area contributed by atoms with Crippen LogP contribution in [-0.4, -0.2) is 32.7 Å². The standard InChI is InChI=1S/C15H25N3/c1-2-17(13-10-16)14-6-8-15(9-7-14)18-11-4-3-5-12-18/h6-9H,2-5,10-13,16H2,1H3. The zero-order valence-corrected chi connectivity index (χ0v) is 11.4. The highest BCUT2D eigenvalue weighted by molar-refractivity contribution is 5.56. The van der Waals surface area contributed by atoms with E-state index in [1.165, 1.54) is 43.7 Å². The van der Waals surface area contributed by atoms with Crippen LogP contribution in [0.3, 0.4) is 0 Å². The van der Waals surface area contributed by atoms with Crippen molar-refractivity contribution < 1.29 is 0 Å². The van der Waals surface area contributed by atoms with E-state index in [0.29, 0.717) is 6.54 Å². The highest BCUT2D eigenvalue weighted by atomic mass is 15.1. The minimum atomic E-state index is 0.710. The van der Waals surface area contributed by atoms with Crippen molar-refractivity contribution in [2.24, 2.45) is 5.73 Å². The van der Waals surface area contributed by atoms with Gasteiger partial charge in [-0.15, -0.1) is 0 Å². The molecule has 0 aliphatic carbocycles. The number of likely N-dealkylation sites (N-methyl/N-ethyl adjacent to an activating group) is 1. The predicted octanol–water partition coefficient (Wildman–Crippen LogP) is 2.46. The molecule has 3 heteroatoms. The second-order valence-corrected chi connectivity index (χ2v) is 4.93. The summed E-state index contributed by atoms with van der Waals surface area (Å²) >= 11 is 0. The van der Waals surface area contributed by atoms with Gasteiger partial charge in [0.05, 0.1) is 0 Å². The van der Waals surface area contributed by atoms with Crippen molar-refractivity contribution in [2.75, 3.05) is 42.5 Å². The fraction of sp³-hybridized carbons (Fsp3) is 0.600. The molecular weight excluding hydrogens is 222 g/mol. The molecule has 0 amide bonds. The van der Waals surface area contributed by atoms with Gasteiger partial charge in [0.15, 0.2) is 0 Å². The van der Waals surface area contributed by atoms with Gasteiger partial charge in [0.25, 0.3) is 0 Å². The van der Waals surface area contributed by atoms with Crippen LogP contribution < -0.4 is 15.5 Å². The number of hydrogen-bond donors (Lipinski definition) is 1. The van der Waals surface area contributed by atoms with Gasteiger partial charge in [0.2, 0.25) is 0 Å². The van der Waals surface area contributed by atoms with Crippen LogP contribution in [0.2, 0.25) is 0 Å². The molecule has 2 rings (SSSR count). The molecule has 1 aromatic carbocycles.